The Bertz CT molecular complexity index is 419. The van der Waals surface area contributed by atoms with Gasteiger partial charge in [-0.2, -0.15) is 0 Å². The second-order valence-electron chi connectivity index (χ2n) is 7.94. The van der Waals surface area contributed by atoms with Crippen molar-refractivity contribution < 1.29 is 4.74 Å². The highest BCUT2D eigenvalue weighted by molar-refractivity contribution is 5.79. The van der Waals surface area contributed by atoms with Crippen LogP contribution in [-0.2, 0) is 4.74 Å². The topological polar surface area (TPSA) is 55.4 Å². The quantitative estimate of drug-likeness (QED) is 0.448. The molecule has 0 spiro atoms. The van der Waals surface area contributed by atoms with Gasteiger partial charge in [-0.3, -0.25) is 9.89 Å². The molecule has 2 aliphatic heterocycles. The molecule has 2 saturated heterocycles. The number of guanidine groups is 1. The maximum absolute atomic E-state index is 5.45. The summed E-state index contributed by atoms with van der Waals surface area (Å²) in [5, 5.41) is 6.91. The predicted octanol–water partition coefficient (Wildman–Crippen LogP) is 0.536. The Hall–Kier alpha value is -0.890. The maximum atomic E-state index is 5.45. The number of ether oxygens (including phenoxy) is 1. The Morgan fingerprint density at radius 2 is 1.63 bits per heavy atom. The van der Waals surface area contributed by atoms with Crippen LogP contribution >= 0.6 is 0 Å². The van der Waals surface area contributed by atoms with Gasteiger partial charge in [0.25, 0.3) is 0 Å². The van der Waals surface area contributed by atoms with E-state index < -0.39 is 0 Å². The summed E-state index contributed by atoms with van der Waals surface area (Å²) >= 11 is 0. The van der Waals surface area contributed by atoms with Crippen molar-refractivity contribution >= 4 is 5.96 Å². The van der Waals surface area contributed by atoms with Crippen molar-refractivity contribution in [3.05, 3.63) is 0 Å². The first-order chi connectivity index (χ1) is 13.1. The van der Waals surface area contributed by atoms with Gasteiger partial charge >= 0.3 is 0 Å². The zero-order valence-corrected chi connectivity index (χ0v) is 18.0. The van der Waals surface area contributed by atoms with Gasteiger partial charge in [0.1, 0.15) is 0 Å². The number of rotatable bonds is 9. The minimum Gasteiger partial charge on any atom is -0.379 e. The smallest absolute Gasteiger partial charge is 0.191 e. The van der Waals surface area contributed by atoms with Gasteiger partial charge in [0.2, 0.25) is 0 Å². The second-order valence-corrected chi connectivity index (χ2v) is 7.94. The van der Waals surface area contributed by atoms with Crippen molar-refractivity contribution in [2.24, 2.45) is 10.9 Å². The predicted molar refractivity (Wildman–Crippen MR) is 114 cm³/mol. The first-order valence-corrected chi connectivity index (χ1v) is 10.9. The molecule has 0 aromatic rings. The SMILES string of the molecule is CCNC(=NCC(C)CN1CCN(CC)CC1)NCC(C)N1CCOCC1. The first-order valence-electron chi connectivity index (χ1n) is 10.9. The highest BCUT2D eigenvalue weighted by atomic mass is 16.5. The highest BCUT2D eigenvalue weighted by Gasteiger charge is 2.18. The number of nitrogens with zero attached hydrogens (tertiary/aromatic N) is 4. The molecule has 2 unspecified atom stereocenters. The Labute approximate surface area is 166 Å². The fourth-order valence-electron chi connectivity index (χ4n) is 3.77. The van der Waals surface area contributed by atoms with Crippen LogP contribution in [0.3, 0.4) is 0 Å². The van der Waals surface area contributed by atoms with Crippen LogP contribution in [0.15, 0.2) is 4.99 Å². The summed E-state index contributed by atoms with van der Waals surface area (Å²) in [7, 11) is 0. The van der Waals surface area contributed by atoms with Crippen molar-refractivity contribution in [2.75, 3.05) is 85.2 Å². The van der Waals surface area contributed by atoms with Crippen molar-refractivity contribution in [2.45, 2.75) is 33.7 Å². The number of morpholine rings is 1. The summed E-state index contributed by atoms with van der Waals surface area (Å²) in [6.45, 7) is 22.5. The van der Waals surface area contributed by atoms with Crippen LogP contribution in [0.2, 0.25) is 0 Å². The van der Waals surface area contributed by atoms with Crippen LogP contribution in [0.1, 0.15) is 27.7 Å². The van der Waals surface area contributed by atoms with E-state index in [0.717, 1.165) is 58.4 Å². The molecule has 0 saturated carbocycles. The third kappa shape index (κ3) is 8.34. The number of likely N-dealkylation sites (N-methyl/N-ethyl adjacent to an activating group) is 1. The van der Waals surface area contributed by atoms with Crippen molar-refractivity contribution in [1.82, 2.24) is 25.3 Å². The summed E-state index contributed by atoms with van der Waals surface area (Å²) in [5.74, 6) is 1.52. The van der Waals surface area contributed by atoms with E-state index in [1.807, 2.05) is 0 Å². The average Bonchev–Trinajstić information content (AvgIpc) is 2.71. The van der Waals surface area contributed by atoms with Crippen LogP contribution in [-0.4, -0.2) is 112 Å². The molecule has 0 aromatic carbocycles. The van der Waals surface area contributed by atoms with Crippen molar-refractivity contribution in [3.63, 3.8) is 0 Å². The normalized spacial score (nSPS) is 23.2. The third-order valence-electron chi connectivity index (χ3n) is 5.62. The standard InChI is InChI=1S/C20H42N6O/c1-5-21-20(23-16-19(4)26-11-13-27-14-12-26)22-15-18(3)17-25-9-7-24(6-2)8-10-25/h18-19H,5-17H2,1-4H3,(H2,21,22,23). The molecule has 0 radical (unpaired) electrons. The first kappa shape index (κ1) is 22.4. The number of piperazine rings is 1. The molecule has 2 rings (SSSR count). The van der Waals surface area contributed by atoms with Gasteiger partial charge in [-0.25, -0.2) is 0 Å². The van der Waals surface area contributed by atoms with Gasteiger partial charge in [0.15, 0.2) is 5.96 Å². The monoisotopic (exact) mass is 382 g/mol. The van der Waals surface area contributed by atoms with E-state index in [9.17, 15) is 0 Å². The Morgan fingerprint density at radius 1 is 0.963 bits per heavy atom. The summed E-state index contributed by atoms with van der Waals surface area (Å²) < 4.78 is 5.45. The molecule has 27 heavy (non-hydrogen) atoms. The molecule has 0 aliphatic carbocycles. The highest BCUT2D eigenvalue weighted by Crippen LogP contribution is 2.06. The van der Waals surface area contributed by atoms with Gasteiger partial charge in [-0.1, -0.05) is 13.8 Å². The van der Waals surface area contributed by atoms with Gasteiger partial charge in [0.05, 0.1) is 13.2 Å². The van der Waals surface area contributed by atoms with Crippen LogP contribution in [0.4, 0.5) is 0 Å². The average molecular weight is 383 g/mol. The van der Waals surface area contributed by atoms with Crippen LogP contribution in [0.25, 0.3) is 0 Å². The Balaban J connectivity index is 1.71. The Morgan fingerprint density at radius 3 is 2.26 bits per heavy atom. The van der Waals surface area contributed by atoms with Gasteiger partial charge in [-0.15, -0.1) is 0 Å². The van der Waals surface area contributed by atoms with E-state index >= 15 is 0 Å². The van der Waals surface area contributed by atoms with E-state index in [0.29, 0.717) is 12.0 Å². The maximum Gasteiger partial charge on any atom is 0.191 e. The largest absolute Gasteiger partial charge is 0.379 e. The zero-order valence-electron chi connectivity index (χ0n) is 18.0. The minimum absolute atomic E-state index is 0.491. The molecule has 0 bridgehead atoms. The number of hydrogen-bond acceptors (Lipinski definition) is 5. The van der Waals surface area contributed by atoms with Crippen LogP contribution in [0, 0.1) is 5.92 Å². The van der Waals surface area contributed by atoms with Gasteiger partial charge in [0, 0.05) is 71.5 Å². The molecule has 158 valence electrons. The van der Waals surface area contributed by atoms with E-state index in [-0.39, 0.29) is 0 Å². The molecular weight excluding hydrogens is 340 g/mol. The minimum atomic E-state index is 0.491. The molecule has 2 atom stereocenters. The molecule has 7 nitrogen and oxygen atoms in total. The number of aliphatic imine (C=N–C) groups is 1. The van der Waals surface area contributed by atoms with E-state index in [4.69, 9.17) is 9.73 Å². The molecule has 0 amide bonds. The fraction of sp³-hybridized carbons (Fsp3) is 0.950. The molecular formula is C20H42N6O. The molecule has 0 aromatic heterocycles. The molecule has 2 N–H and O–H groups in total. The van der Waals surface area contributed by atoms with Gasteiger partial charge < -0.3 is 25.2 Å². The lowest BCUT2D eigenvalue weighted by Gasteiger charge is -2.35. The second kappa shape index (κ2) is 12.5. The summed E-state index contributed by atoms with van der Waals surface area (Å²) in [6, 6.07) is 0.491. The van der Waals surface area contributed by atoms with E-state index in [2.05, 4.69) is 53.0 Å². The number of nitrogens with one attached hydrogen (secondary N) is 2. The van der Waals surface area contributed by atoms with Gasteiger partial charge in [-0.05, 0) is 26.3 Å². The lowest BCUT2D eigenvalue weighted by atomic mass is 10.1. The zero-order chi connectivity index (χ0) is 19.5. The van der Waals surface area contributed by atoms with E-state index in [1.54, 1.807) is 0 Å². The molecule has 7 heteroatoms. The third-order valence-corrected chi connectivity index (χ3v) is 5.62. The molecule has 2 fully saturated rings. The van der Waals surface area contributed by atoms with Crippen LogP contribution < -0.4 is 10.6 Å². The number of hydrogen-bond donors (Lipinski definition) is 2. The van der Waals surface area contributed by atoms with Crippen LogP contribution in [0.5, 0.6) is 0 Å². The lowest BCUT2D eigenvalue weighted by Crippen LogP contribution is -2.49. The summed E-state index contributed by atoms with van der Waals surface area (Å²) in [6.07, 6.45) is 0. The van der Waals surface area contributed by atoms with E-state index in [1.165, 1.54) is 32.7 Å². The lowest BCUT2D eigenvalue weighted by molar-refractivity contribution is 0.0211. The molecule has 2 heterocycles. The summed E-state index contributed by atoms with van der Waals surface area (Å²) in [5.41, 5.74) is 0. The van der Waals surface area contributed by atoms with Crippen molar-refractivity contribution in [1.29, 1.82) is 0 Å². The molecule has 2 aliphatic rings. The van der Waals surface area contributed by atoms with Crippen molar-refractivity contribution in [3.8, 4) is 0 Å². The fourth-order valence-corrected chi connectivity index (χ4v) is 3.77. The summed E-state index contributed by atoms with van der Waals surface area (Å²) in [4.78, 5) is 12.4. The Kier molecular flexibility index (Phi) is 10.4.